The van der Waals surface area contributed by atoms with Gasteiger partial charge < -0.3 is 15.4 Å². The number of nitrogens with zero attached hydrogens (tertiary/aromatic N) is 2. The monoisotopic (exact) mass is 388 g/mol. The summed E-state index contributed by atoms with van der Waals surface area (Å²) < 4.78 is 28.8. The van der Waals surface area contributed by atoms with Crippen molar-refractivity contribution in [2.75, 3.05) is 57.4 Å². The van der Waals surface area contributed by atoms with Crippen LogP contribution >= 0.6 is 0 Å². The number of ether oxygens (including phenoxy) is 1. The number of rotatable bonds is 9. The van der Waals surface area contributed by atoms with Crippen molar-refractivity contribution >= 4 is 15.8 Å². The molecule has 1 heterocycles. The van der Waals surface area contributed by atoms with Crippen molar-refractivity contribution in [3.05, 3.63) is 0 Å². The molecule has 0 radical (unpaired) electrons. The Morgan fingerprint density at radius 3 is 2.58 bits per heavy atom. The highest BCUT2D eigenvalue weighted by molar-refractivity contribution is 7.91. The van der Waals surface area contributed by atoms with Crippen LogP contribution in [0.3, 0.4) is 0 Å². The lowest BCUT2D eigenvalue weighted by Crippen LogP contribution is -2.46. The second kappa shape index (κ2) is 11.8. The fourth-order valence-corrected chi connectivity index (χ4v) is 4.66. The van der Waals surface area contributed by atoms with E-state index in [1.54, 1.807) is 0 Å². The standard InChI is InChI=1S/C18H36N4O3S/c1-2-19-18(20-9-6-14-25-17-7-4-3-5-8-17)21-10-11-22-12-15-26(23,24)16-13-22/h17H,2-16H2,1H3,(H2,19,20,21). The zero-order chi connectivity index (χ0) is 18.7. The number of sulfone groups is 1. The van der Waals surface area contributed by atoms with Crippen molar-refractivity contribution < 1.29 is 13.2 Å². The lowest BCUT2D eigenvalue weighted by atomic mass is 9.98. The quantitative estimate of drug-likeness (QED) is 0.348. The lowest BCUT2D eigenvalue weighted by Gasteiger charge is -2.26. The highest BCUT2D eigenvalue weighted by Crippen LogP contribution is 2.20. The van der Waals surface area contributed by atoms with Gasteiger partial charge in [-0.15, -0.1) is 0 Å². The molecular weight excluding hydrogens is 352 g/mol. The number of hydrogen-bond donors (Lipinski definition) is 2. The van der Waals surface area contributed by atoms with Gasteiger partial charge in [-0.2, -0.15) is 0 Å². The summed E-state index contributed by atoms with van der Waals surface area (Å²) in [6.45, 7) is 7.30. The minimum absolute atomic E-state index is 0.280. The van der Waals surface area contributed by atoms with Crippen molar-refractivity contribution in [1.82, 2.24) is 15.5 Å². The van der Waals surface area contributed by atoms with E-state index in [9.17, 15) is 8.42 Å². The van der Waals surface area contributed by atoms with Crippen molar-refractivity contribution in [3.63, 3.8) is 0 Å². The second-order valence-electron chi connectivity index (χ2n) is 7.17. The highest BCUT2D eigenvalue weighted by atomic mass is 32.2. The number of hydrogen-bond acceptors (Lipinski definition) is 5. The van der Waals surface area contributed by atoms with E-state index >= 15 is 0 Å². The van der Waals surface area contributed by atoms with E-state index in [0.29, 0.717) is 19.2 Å². The lowest BCUT2D eigenvalue weighted by molar-refractivity contribution is 0.0281. The molecule has 1 aliphatic heterocycles. The second-order valence-corrected chi connectivity index (χ2v) is 9.47. The van der Waals surface area contributed by atoms with Gasteiger partial charge in [0.2, 0.25) is 0 Å². The van der Waals surface area contributed by atoms with Crippen LogP contribution in [0.15, 0.2) is 4.99 Å². The molecule has 0 bridgehead atoms. The van der Waals surface area contributed by atoms with Crippen LogP contribution in [0.25, 0.3) is 0 Å². The zero-order valence-electron chi connectivity index (χ0n) is 16.2. The molecule has 1 aliphatic carbocycles. The summed E-state index contributed by atoms with van der Waals surface area (Å²) in [5.74, 6) is 1.39. The van der Waals surface area contributed by atoms with E-state index in [4.69, 9.17) is 4.74 Å². The molecular formula is C18H36N4O3S. The Kier molecular flexibility index (Phi) is 9.71. The van der Waals surface area contributed by atoms with Crippen molar-refractivity contribution in [1.29, 1.82) is 0 Å². The Hall–Kier alpha value is -0.860. The molecule has 0 unspecified atom stereocenters. The largest absolute Gasteiger partial charge is 0.378 e. The Morgan fingerprint density at radius 2 is 1.88 bits per heavy atom. The molecule has 0 spiro atoms. The highest BCUT2D eigenvalue weighted by Gasteiger charge is 2.20. The van der Waals surface area contributed by atoms with E-state index in [0.717, 1.165) is 45.2 Å². The summed E-state index contributed by atoms with van der Waals surface area (Å²) in [6, 6.07) is 0. The summed E-state index contributed by atoms with van der Waals surface area (Å²) in [5, 5.41) is 6.59. The van der Waals surface area contributed by atoms with E-state index in [-0.39, 0.29) is 11.5 Å². The molecule has 2 aliphatic rings. The molecule has 26 heavy (non-hydrogen) atoms. The van der Waals surface area contributed by atoms with Crippen LogP contribution in [0, 0.1) is 0 Å². The first-order valence-electron chi connectivity index (χ1n) is 10.2. The molecule has 2 N–H and O–H groups in total. The average molecular weight is 389 g/mol. The normalized spacial score (nSPS) is 22.3. The van der Waals surface area contributed by atoms with Crippen LogP contribution in [0.1, 0.15) is 45.4 Å². The van der Waals surface area contributed by atoms with Gasteiger partial charge >= 0.3 is 0 Å². The maximum atomic E-state index is 11.5. The Labute approximate surface area is 158 Å². The Bertz CT molecular complexity index is 505. The van der Waals surface area contributed by atoms with Crippen LogP contribution < -0.4 is 10.6 Å². The molecule has 0 amide bonds. The Balaban J connectivity index is 1.58. The predicted octanol–water partition coefficient (Wildman–Crippen LogP) is 1.01. The van der Waals surface area contributed by atoms with E-state index in [2.05, 4.69) is 27.4 Å². The van der Waals surface area contributed by atoms with Crippen molar-refractivity contribution in [3.8, 4) is 0 Å². The fourth-order valence-electron chi connectivity index (χ4n) is 3.39. The molecule has 2 rings (SSSR count). The number of nitrogens with one attached hydrogen (secondary N) is 2. The molecule has 0 aromatic rings. The molecule has 0 atom stereocenters. The summed E-state index contributed by atoms with van der Waals surface area (Å²) in [4.78, 5) is 6.79. The third-order valence-corrected chi connectivity index (χ3v) is 6.59. The zero-order valence-corrected chi connectivity index (χ0v) is 17.0. The molecule has 0 aromatic carbocycles. The van der Waals surface area contributed by atoms with Gasteiger partial charge in [-0.1, -0.05) is 19.3 Å². The van der Waals surface area contributed by atoms with Crippen LogP contribution in [0.2, 0.25) is 0 Å². The van der Waals surface area contributed by atoms with Gasteiger partial charge in [0.25, 0.3) is 0 Å². The molecule has 152 valence electrons. The minimum atomic E-state index is -2.80. The van der Waals surface area contributed by atoms with Crippen molar-refractivity contribution in [2.45, 2.75) is 51.6 Å². The van der Waals surface area contributed by atoms with Gasteiger partial charge in [0.05, 0.1) is 17.6 Å². The third-order valence-electron chi connectivity index (χ3n) is 4.98. The molecule has 7 nitrogen and oxygen atoms in total. The van der Waals surface area contributed by atoms with Gasteiger partial charge in [0, 0.05) is 45.9 Å². The van der Waals surface area contributed by atoms with Crippen LogP contribution in [-0.4, -0.2) is 82.8 Å². The summed E-state index contributed by atoms with van der Waals surface area (Å²) in [7, 11) is -2.80. The molecule has 2 fully saturated rings. The first-order valence-corrected chi connectivity index (χ1v) is 12.0. The SMILES string of the molecule is CCNC(=NCCCOC1CCCCC1)NCCN1CCS(=O)(=O)CC1. The maximum Gasteiger partial charge on any atom is 0.191 e. The number of guanidine groups is 1. The molecule has 0 aromatic heterocycles. The fraction of sp³-hybridized carbons (Fsp3) is 0.944. The Morgan fingerprint density at radius 1 is 1.15 bits per heavy atom. The first kappa shape index (κ1) is 21.4. The summed E-state index contributed by atoms with van der Waals surface area (Å²) >= 11 is 0. The van der Waals surface area contributed by atoms with Gasteiger partial charge in [-0.3, -0.25) is 9.89 Å². The topological polar surface area (TPSA) is 83.0 Å². The van der Waals surface area contributed by atoms with E-state index in [1.165, 1.54) is 32.1 Å². The summed E-state index contributed by atoms with van der Waals surface area (Å²) in [6.07, 6.45) is 7.80. The van der Waals surface area contributed by atoms with E-state index < -0.39 is 9.84 Å². The first-order chi connectivity index (χ1) is 12.6. The number of aliphatic imine (C=N–C) groups is 1. The van der Waals surface area contributed by atoms with Gasteiger partial charge in [-0.05, 0) is 26.2 Å². The van der Waals surface area contributed by atoms with E-state index in [1.807, 2.05) is 0 Å². The summed E-state index contributed by atoms with van der Waals surface area (Å²) in [5.41, 5.74) is 0. The molecule has 1 saturated carbocycles. The third kappa shape index (κ3) is 8.68. The van der Waals surface area contributed by atoms with Crippen LogP contribution in [-0.2, 0) is 14.6 Å². The van der Waals surface area contributed by atoms with Crippen LogP contribution in [0.5, 0.6) is 0 Å². The maximum absolute atomic E-state index is 11.5. The average Bonchev–Trinajstić information content (AvgIpc) is 2.63. The smallest absolute Gasteiger partial charge is 0.191 e. The van der Waals surface area contributed by atoms with Gasteiger partial charge in [0.15, 0.2) is 15.8 Å². The van der Waals surface area contributed by atoms with Crippen molar-refractivity contribution in [2.24, 2.45) is 4.99 Å². The predicted molar refractivity (Wildman–Crippen MR) is 107 cm³/mol. The minimum Gasteiger partial charge on any atom is -0.378 e. The van der Waals surface area contributed by atoms with Gasteiger partial charge in [-0.25, -0.2) is 8.42 Å². The molecule has 8 heteroatoms. The molecule has 1 saturated heterocycles. The van der Waals surface area contributed by atoms with Gasteiger partial charge in [0.1, 0.15) is 0 Å². The van der Waals surface area contributed by atoms with Crippen LogP contribution in [0.4, 0.5) is 0 Å².